The fraction of sp³-hybridized carbons (Fsp3) is 0.455. The number of ether oxygens (including phenoxy) is 2. The summed E-state index contributed by atoms with van der Waals surface area (Å²) in [6.07, 6.45) is 1.73. The Balaban J connectivity index is 1.70. The van der Waals surface area contributed by atoms with Gasteiger partial charge >= 0.3 is 0 Å². The van der Waals surface area contributed by atoms with Gasteiger partial charge in [0.15, 0.2) is 0 Å². The average molecular weight is 459 g/mol. The number of rotatable bonds is 6. The molecule has 1 unspecified atom stereocenters. The van der Waals surface area contributed by atoms with Crippen LogP contribution in [-0.4, -0.2) is 62.6 Å². The van der Waals surface area contributed by atoms with Crippen LogP contribution in [0, 0.1) is 0 Å². The normalized spacial score (nSPS) is 16.4. The van der Waals surface area contributed by atoms with Crippen molar-refractivity contribution in [1.82, 2.24) is 24.2 Å². The molecule has 32 heavy (non-hydrogen) atoms. The number of hydrogen-bond donors (Lipinski definition) is 2. The van der Waals surface area contributed by atoms with Gasteiger partial charge in [-0.05, 0) is 44.5 Å². The molecule has 3 heterocycles. The summed E-state index contributed by atoms with van der Waals surface area (Å²) in [7, 11) is 0.0523. The van der Waals surface area contributed by atoms with Gasteiger partial charge in [-0.15, -0.1) is 0 Å². The van der Waals surface area contributed by atoms with E-state index in [1.54, 1.807) is 6.20 Å². The summed E-state index contributed by atoms with van der Waals surface area (Å²) in [5.74, 6) is 0.819. The number of fused-ring (bicyclic) bond motifs is 1. The van der Waals surface area contributed by atoms with E-state index in [4.69, 9.17) is 15.2 Å². The molecule has 4 rings (SSSR count). The molecule has 0 radical (unpaired) electrons. The molecule has 1 fully saturated rings. The highest BCUT2D eigenvalue weighted by Crippen LogP contribution is 2.30. The molecule has 3 aromatic rings. The molecule has 0 saturated carbocycles. The zero-order chi connectivity index (χ0) is 22.9. The third-order valence-electron chi connectivity index (χ3n) is 5.17. The van der Waals surface area contributed by atoms with Crippen LogP contribution in [-0.2, 0) is 22.4 Å². The molecule has 0 spiro atoms. The number of imidazole rings is 1. The maximum absolute atomic E-state index is 12.9. The fourth-order valence-corrected chi connectivity index (χ4v) is 4.82. The molecule has 1 atom stereocenters. The predicted octanol–water partition coefficient (Wildman–Crippen LogP) is 2.39. The Morgan fingerprint density at radius 1 is 1.22 bits per heavy atom. The lowest BCUT2D eigenvalue weighted by atomic mass is 10.1. The Bertz CT molecular complexity index is 1130. The van der Waals surface area contributed by atoms with Crippen molar-refractivity contribution in [1.29, 1.82) is 0 Å². The topological polar surface area (TPSA) is 108 Å². The summed E-state index contributed by atoms with van der Waals surface area (Å²) < 4.78 is 28.9. The molecule has 172 valence electrons. The highest BCUT2D eigenvalue weighted by atomic mass is 32.2. The summed E-state index contributed by atoms with van der Waals surface area (Å²) in [6.45, 7) is 9.69. The van der Waals surface area contributed by atoms with Crippen LogP contribution in [0.2, 0.25) is 0 Å². The number of anilines is 1. The minimum Gasteiger partial charge on any atom is -0.480 e. The first-order chi connectivity index (χ1) is 15.2. The highest BCUT2D eigenvalue weighted by molar-refractivity contribution is 7.83. The van der Waals surface area contributed by atoms with Gasteiger partial charge in [0.05, 0.1) is 38.0 Å². The van der Waals surface area contributed by atoms with Crippen molar-refractivity contribution in [2.45, 2.75) is 37.9 Å². The van der Waals surface area contributed by atoms with E-state index in [2.05, 4.69) is 19.6 Å². The third-order valence-corrected chi connectivity index (χ3v) is 6.66. The van der Waals surface area contributed by atoms with Crippen LogP contribution >= 0.6 is 0 Å². The Labute approximate surface area is 190 Å². The van der Waals surface area contributed by atoms with E-state index < -0.39 is 11.0 Å². The second-order valence-electron chi connectivity index (χ2n) is 8.83. The van der Waals surface area contributed by atoms with E-state index in [1.165, 1.54) is 7.11 Å². The van der Waals surface area contributed by atoms with Gasteiger partial charge in [-0.25, -0.2) is 18.9 Å². The van der Waals surface area contributed by atoms with E-state index in [0.29, 0.717) is 23.4 Å². The van der Waals surface area contributed by atoms with Crippen molar-refractivity contribution in [3.63, 3.8) is 0 Å². The van der Waals surface area contributed by atoms with Crippen molar-refractivity contribution >= 4 is 28.0 Å². The van der Waals surface area contributed by atoms with Crippen LogP contribution in [0.25, 0.3) is 22.2 Å². The van der Waals surface area contributed by atoms with E-state index in [-0.39, 0.29) is 5.54 Å². The molecule has 1 aromatic carbocycles. The number of aromatic nitrogens is 3. The summed E-state index contributed by atoms with van der Waals surface area (Å²) in [5.41, 5.74) is 9.46. The predicted molar refractivity (Wildman–Crippen MR) is 126 cm³/mol. The average Bonchev–Trinajstić information content (AvgIpc) is 3.07. The molecule has 0 bridgehead atoms. The third kappa shape index (κ3) is 4.93. The SMILES string of the molecule is COc1ncc(-c2ccc3nc(N)n(CN4CCOCC4)c3c2)cc1S(=O)NC(C)(C)C. The molecule has 10 heteroatoms. The molecule has 9 nitrogen and oxygen atoms in total. The molecule has 2 aromatic heterocycles. The molecular weight excluding hydrogens is 428 g/mol. The second-order valence-corrected chi connectivity index (χ2v) is 10.0. The van der Waals surface area contributed by atoms with Gasteiger partial charge in [0.1, 0.15) is 15.9 Å². The number of nitrogen functional groups attached to an aromatic ring is 1. The zero-order valence-electron chi connectivity index (χ0n) is 18.9. The van der Waals surface area contributed by atoms with Crippen LogP contribution < -0.4 is 15.2 Å². The number of nitrogens with zero attached hydrogens (tertiary/aromatic N) is 4. The van der Waals surface area contributed by atoms with Crippen LogP contribution in [0.3, 0.4) is 0 Å². The first kappa shape index (κ1) is 22.7. The number of methoxy groups -OCH3 is 1. The van der Waals surface area contributed by atoms with Gasteiger partial charge in [-0.3, -0.25) is 9.47 Å². The van der Waals surface area contributed by atoms with Crippen LogP contribution in [0.4, 0.5) is 5.95 Å². The van der Waals surface area contributed by atoms with Gasteiger partial charge in [0, 0.05) is 30.4 Å². The van der Waals surface area contributed by atoms with Crippen molar-refractivity contribution in [3.8, 4) is 17.0 Å². The molecule has 0 aliphatic carbocycles. The maximum atomic E-state index is 12.9. The summed E-state index contributed by atoms with van der Waals surface area (Å²) in [4.78, 5) is 11.7. The number of nitrogens with two attached hydrogens (primary N) is 1. The molecule has 1 aliphatic heterocycles. The summed E-state index contributed by atoms with van der Waals surface area (Å²) in [5, 5.41) is 0. The first-order valence-corrected chi connectivity index (χ1v) is 11.7. The van der Waals surface area contributed by atoms with Crippen molar-refractivity contribution in [3.05, 3.63) is 30.5 Å². The van der Waals surface area contributed by atoms with Crippen molar-refractivity contribution in [2.75, 3.05) is 39.1 Å². The summed E-state index contributed by atoms with van der Waals surface area (Å²) >= 11 is 0. The lowest BCUT2D eigenvalue weighted by Crippen LogP contribution is -2.37. The lowest BCUT2D eigenvalue weighted by molar-refractivity contribution is 0.0244. The smallest absolute Gasteiger partial charge is 0.231 e. The Hall–Kier alpha value is -2.53. The lowest BCUT2D eigenvalue weighted by Gasteiger charge is -2.27. The molecule has 1 aliphatic rings. The van der Waals surface area contributed by atoms with E-state index in [0.717, 1.165) is 48.5 Å². The van der Waals surface area contributed by atoms with Crippen LogP contribution in [0.1, 0.15) is 20.8 Å². The molecule has 3 N–H and O–H groups in total. The number of morpholine rings is 1. The van der Waals surface area contributed by atoms with Gasteiger partial charge < -0.3 is 15.2 Å². The van der Waals surface area contributed by atoms with Crippen LogP contribution in [0.5, 0.6) is 5.88 Å². The van der Waals surface area contributed by atoms with Gasteiger partial charge in [-0.2, -0.15) is 0 Å². The molecular formula is C22H30N6O3S. The number of nitrogens with one attached hydrogen (secondary N) is 1. The zero-order valence-corrected chi connectivity index (χ0v) is 19.7. The van der Waals surface area contributed by atoms with Crippen molar-refractivity contribution in [2.24, 2.45) is 0 Å². The maximum Gasteiger partial charge on any atom is 0.231 e. The minimum absolute atomic E-state index is 0.325. The van der Waals surface area contributed by atoms with Gasteiger partial charge in [0.25, 0.3) is 0 Å². The van der Waals surface area contributed by atoms with Gasteiger partial charge in [-0.1, -0.05) is 6.07 Å². The Morgan fingerprint density at radius 3 is 2.66 bits per heavy atom. The van der Waals surface area contributed by atoms with E-state index in [1.807, 2.05) is 49.6 Å². The van der Waals surface area contributed by atoms with Crippen molar-refractivity contribution < 1.29 is 13.7 Å². The Morgan fingerprint density at radius 2 is 1.97 bits per heavy atom. The van der Waals surface area contributed by atoms with E-state index >= 15 is 0 Å². The fourth-order valence-electron chi connectivity index (χ4n) is 3.62. The second kappa shape index (κ2) is 9.14. The molecule has 0 amide bonds. The van der Waals surface area contributed by atoms with E-state index in [9.17, 15) is 4.21 Å². The number of pyridine rings is 1. The Kier molecular flexibility index (Phi) is 6.47. The standard InChI is InChI=1S/C22H30N6O3S/c1-22(2,3)26-32(29)19-12-16(13-24-20(19)30-4)15-5-6-17-18(11-15)28(21(23)25-17)14-27-7-9-31-10-8-27/h5-6,11-13,26H,7-10,14H2,1-4H3,(H2,23,25). The number of benzene rings is 1. The summed E-state index contributed by atoms with van der Waals surface area (Å²) in [6, 6.07) is 7.83. The minimum atomic E-state index is -1.47. The van der Waals surface area contributed by atoms with Crippen LogP contribution in [0.15, 0.2) is 35.4 Å². The first-order valence-electron chi connectivity index (χ1n) is 10.5. The highest BCUT2D eigenvalue weighted by Gasteiger charge is 2.20. The quantitative estimate of drug-likeness (QED) is 0.584. The number of hydrogen-bond acceptors (Lipinski definition) is 7. The van der Waals surface area contributed by atoms with Gasteiger partial charge in [0.2, 0.25) is 11.8 Å². The molecule has 1 saturated heterocycles. The monoisotopic (exact) mass is 458 g/mol. The largest absolute Gasteiger partial charge is 0.480 e.